The first kappa shape index (κ1) is 37.6. The lowest BCUT2D eigenvalue weighted by Gasteiger charge is -2.20. The van der Waals surface area contributed by atoms with Gasteiger partial charge in [-0.3, -0.25) is 4.79 Å². The van der Waals surface area contributed by atoms with Crippen molar-refractivity contribution < 1.29 is 20.1 Å². The highest BCUT2D eigenvalue weighted by atomic mass is 16.3. The van der Waals surface area contributed by atoms with Crippen LogP contribution in [0.3, 0.4) is 0 Å². The summed E-state index contributed by atoms with van der Waals surface area (Å²) in [7, 11) is 0. The van der Waals surface area contributed by atoms with Crippen LogP contribution in [0.5, 0.6) is 0 Å². The van der Waals surface area contributed by atoms with Gasteiger partial charge in [0.05, 0.1) is 31.3 Å². The number of carbonyl (C=O) groups excluding carboxylic acids is 1. The van der Waals surface area contributed by atoms with Crippen molar-refractivity contribution >= 4 is 5.91 Å². The quantitative estimate of drug-likeness (QED) is 0.0586. The van der Waals surface area contributed by atoms with Gasteiger partial charge in [0.25, 0.3) is 0 Å². The topological polar surface area (TPSA) is 89.8 Å². The Hall–Kier alpha value is -1.43. The largest absolute Gasteiger partial charge is 0.394 e. The molecule has 0 bridgehead atoms. The number of allylic oxidation sites excluding steroid dienone is 4. The molecule has 0 saturated heterocycles. The summed E-state index contributed by atoms with van der Waals surface area (Å²) < 4.78 is 0. The van der Waals surface area contributed by atoms with Crippen LogP contribution in [0.4, 0.5) is 0 Å². The normalized spacial score (nSPS) is 14.5. The maximum absolute atomic E-state index is 12.3. The van der Waals surface area contributed by atoms with Crippen molar-refractivity contribution in [2.75, 3.05) is 6.61 Å². The van der Waals surface area contributed by atoms with Gasteiger partial charge in [-0.1, -0.05) is 147 Å². The minimum Gasteiger partial charge on any atom is -0.394 e. The van der Waals surface area contributed by atoms with Crippen LogP contribution in [-0.4, -0.2) is 46.1 Å². The van der Waals surface area contributed by atoms with E-state index in [-0.39, 0.29) is 18.9 Å². The molecular weight excluding hydrogens is 486 g/mol. The third kappa shape index (κ3) is 26.6. The van der Waals surface area contributed by atoms with Gasteiger partial charge in [-0.05, 0) is 32.1 Å². The average molecular weight is 550 g/mol. The zero-order valence-corrected chi connectivity index (χ0v) is 25.5. The molecule has 0 aromatic heterocycles. The Morgan fingerprint density at radius 1 is 0.641 bits per heavy atom. The molecule has 0 aromatic rings. The number of rotatable bonds is 28. The maximum atomic E-state index is 12.3. The molecule has 0 aliphatic carbocycles. The van der Waals surface area contributed by atoms with Crippen LogP contribution in [0, 0.1) is 0 Å². The first-order valence-corrected chi connectivity index (χ1v) is 16.3. The fourth-order valence-corrected chi connectivity index (χ4v) is 4.63. The van der Waals surface area contributed by atoms with Crippen LogP contribution >= 0.6 is 0 Å². The number of aliphatic hydroxyl groups excluding tert-OH is 3. The van der Waals surface area contributed by atoms with Gasteiger partial charge in [-0.15, -0.1) is 0 Å². The Balaban J connectivity index is 3.92. The molecule has 0 saturated carbocycles. The third-order valence-corrected chi connectivity index (χ3v) is 7.18. The van der Waals surface area contributed by atoms with Gasteiger partial charge in [0.1, 0.15) is 0 Å². The lowest BCUT2D eigenvalue weighted by Crippen LogP contribution is -2.45. The summed E-state index contributed by atoms with van der Waals surface area (Å²) in [5, 5.41) is 32.7. The second-order valence-electron chi connectivity index (χ2n) is 11.1. The summed E-state index contributed by atoms with van der Waals surface area (Å²) in [6.45, 7) is 4.13. The molecule has 0 heterocycles. The molecular formula is C34H63NO4. The van der Waals surface area contributed by atoms with Crippen LogP contribution in [-0.2, 0) is 4.79 Å². The average Bonchev–Trinajstić information content (AvgIpc) is 2.92. The summed E-state index contributed by atoms with van der Waals surface area (Å²) in [4.78, 5) is 12.3. The van der Waals surface area contributed by atoms with Crippen LogP contribution in [0.2, 0.25) is 0 Å². The van der Waals surface area contributed by atoms with E-state index < -0.39 is 18.2 Å². The summed E-state index contributed by atoms with van der Waals surface area (Å²) in [6, 6.07) is -0.771. The molecule has 5 heteroatoms. The van der Waals surface area contributed by atoms with Crippen LogP contribution in [0.15, 0.2) is 36.5 Å². The predicted molar refractivity (Wildman–Crippen MR) is 167 cm³/mol. The van der Waals surface area contributed by atoms with Gasteiger partial charge in [0, 0.05) is 0 Å². The zero-order chi connectivity index (χ0) is 28.8. The molecule has 0 aliphatic heterocycles. The van der Waals surface area contributed by atoms with Crippen molar-refractivity contribution in [3.8, 4) is 0 Å². The lowest BCUT2D eigenvalue weighted by molar-refractivity contribution is -0.124. The highest BCUT2D eigenvalue weighted by Gasteiger charge is 2.19. The van der Waals surface area contributed by atoms with Crippen molar-refractivity contribution in [2.45, 2.75) is 167 Å². The van der Waals surface area contributed by atoms with Crippen LogP contribution in [0.1, 0.15) is 149 Å². The van der Waals surface area contributed by atoms with Crippen molar-refractivity contribution in [3.05, 3.63) is 36.5 Å². The molecule has 0 aliphatic rings. The van der Waals surface area contributed by atoms with Gasteiger partial charge in [-0.2, -0.15) is 0 Å². The van der Waals surface area contributed by atoms with E-state index in [2.05, 4.69) is 31.3 Å². The molecule has 4 N–H and O–H groups in total. The van der Waals surface area contributed by atoms with Gasteiger partial charge in [0.2, 0.25) is 5.91 Å². The van der Waals surface area contributed by atoms with E-state index in [0.29, 0.717) is 0 Å². The van der Waals surface area contributed by atoms with Crippen molar-refractivity contribution in [1.82, 2.24) is 5.32 Å². The first-order valence-electron chi connectivity index (χ1n) is 16.3. The molecule has 5 nitrogen and oxygen atoms in total. The highest BCUT2D eigenvalue weighted by Crippen LogP contribution is 2.12. The number of amides is 1. The second kappa shape index (κ2) is 29.6. The molecule has 0 aromatic carbocycles. The molecule has 0 fully saturated rings. The number of aliphatic hydroxyl groups is 3. The molecule has 0 rings (SSSR count). The predicted octanol–water partition coefficient (Wildman–Crippen LogP) is 8.09. The minimum atomic E-state index is -0.948. The highest BCUT2D eigenvalue weighted by molar-refractivity contribution is 5.77. The monoisotopic (exact) mass is 549 g/mol. The standard InChI is InChI=1S/C34H63NO4/c1-3-5-7-9-11-13-15-16-18-20-22-24-26-28-33(38)32(30-36)35-34(39)29-31(37)27-25-23-21-19-17-14-12-10-8-6-4-2/h19,21,25-28,31-33,36-38H,3-18,20,22-24,29-30H2,1-2H3,(H,35,39)/b21-19-,27-25-,28-26+. The van der Waals surface area contributed by atoms with E-state index in [4.69, 9.17) is 0 Å². The van der Waals surface area contributed by atoms with Gasteiger partial charge >= 0.3 is 0 Å². The fraction of sp³-hybridized carbons (Fsp3) is 0.794. The molecule has 3 atom stereocenters. The second-order valence-corrected chi connectivity index (χ2v) is 11.1. The first-order chi connectivity index (χ1) is 19.0. The Bertz CT molecular complexity index is 616. The zero-order valence-electron chi connectivity index (χ0n) is 25.5. The van der Waals surface area contributed by atoms with Crippen molar-refractivity contribution in [1.29, 1.82) is 0 Å². The SMILES string of the molecule is CCCCCCCC/C=C\C/C=C\C(O)CC(=O)NC(CO)C(O)/C=C/CCCCCCCCCCCCC. The summed E-state index contributed by atoms with van der Waals surface area (Å²) in [5.74, 6) is -0.386. The van der Waals surface area contributed by atoms with Crippen molar-refractivity contribution in [3.63, 3.8) is 0 Å². The Morgan fingerprint density at radius 3 is 1.64 bits per heavy atom. The third-order valence-electron chi connectivity index (χ3n) is 7.18. The number of nitrogens with one attached hydrogen (secondary N) is 1. The molecule has 0 spiro atoms. The number of unbranched alkanes of at least 4 members (excludes halogenated alkanes) is 17. The van der Waals surface area contributed by atoms with E-state index in [9.17, 15) is 20.1 Å². The van der Waals surface area contributed by atoms with E-state index in [1.54, 1.807) is 12.2 Å². The Labute approximate surface area is 241 Å². The number of hydrogen-bond acceptors (Lipinski definition) is 4. The summed E-state index contributed by atoms with van der Waals surface area (Å²) in [6.07, 6.45) is 34.2. The van der Waals surface area contributed by atoms with Crippen LogP contribution < -0.4 is 5.32 Å². The number of carbonyl (C=O) groups is 1. The summed E-state index contributed by atoms with van der Waals surface area (Å²) >= 11 is 0. The summed E-state index contributed by atoms with van der Waals surface area (Å²) in [5.41, 5.74) is 0. The van der Waals surface area contributed by atoms with E-state index in [1.165, 1.54) is 103 Å². The lowest BCUT2D eigenvalue weighted by atomic mass is 10.0. The van der Waals surface area contributed by atoms with Crippen molar-refractivity contribution in [2.24, 2.45) is 0 Å². The molecule has 228 valence electrons. The molecule has 39 heavy (non-hydrogen) atoms. The van der Waals surface area contributed by atoms with Gasteiger partial charge in [0.15, 0.2) is 0 Å². The molecule has 3 unspecified atom stereocenters. The van der Waals surface area contributed by atoms with E-state index >= 15 is 0 Å². The smallest absolute Gasteiger partial charge is 0.223 e. The fourth-order valence-electron chi connectivity index (χ4n) is 4.63. The maximum Gasteiger partial charge on any atom is 0.223 e. The van der Waals surface area contributed by atoms with Crippen LogP contribution in [0.25, 0.3) is 0 Å². The van der Waals surface area contributed by atoms with Gasteiger partial charge in [-0.25, -0.2) is 0 Å². The Morgan fingerprint density at radius 2 is 1.13 bits per heavy atom. The minimum absolute atomic E-state index is 0.0936. The van der Waals surface area contributed by atoms with E-state index in [1.807, 2.05) is 12.2 Å². The van der Waals surface area contributed by atoms with Gasteiger partial charge < -0.3 is 20.6 Å². The number of hydrogen-bond donors (Lipinski definition) is 4. The molecule has 1 amide bonds. The molecule has 0 radical (unpaired) electrons. The Kier molecular flexibility index (Phi) is 28.5. The van der Waals surface area contributed by atoms with E-state index in [0.717, 1.165) is 25.7 Å².